The van der Waals surface area contributed by atoms with Crippen LogP contribution in [0, 0.1) is 25.7 Å². The van der Waals surface area contributed by atoms with Gasteiger partial charge in [-0.05, 0) is 32.7 Å². The van der Waals surface area contributed by atoms with Crippen LogP contribution in [0.25, 0.3) is 33.5 Å². The Bertz CT molecular complexity index is 1870. The van der Waals surface area contributed by atoms with E-state index in [1.165, 1.54) is 27.6 Å². The summed E-state index contributed by atoms with van der Waals surface area (Å²) in [5.41, 5.74) is 13.5. The van der Waals surface area contributed by atoms with E-state index >= 15 is 0 Å². The summed E-state index contributed by atoms with van der Waals surface area (Å²) in [7, 11) is 1.95. The number of hydrogen-bond donors (Lipinski definition) is 0. The minimum absolute atomic E-state index is 0. The molecule has 0 unspecified atom stereocenters. The van der Waals surface area contributed by atoms with Crippen LogP contribution in [0.3, 0.4) is 0 Å². The topological polar surface area (TPSA) is 35.0 Å². The molecule has 4 heterocycles. The number of benzene rings is 4. The molecule has 5 aromatic rings. The van der Waals surface area contributed by atoms with Crippen molar-refractivity contribution in [3.05, 3.63) is 115 Å². The van der Waals surface area contributed by atoms with Gasteiger partial charge in [-0.3, -0.25) is 0 Å². The average Bonchev–Trinajstić information content (AvgIpc) is 3.33. The third kappa shape index (κ3) is 3.96. The molecule has 0 radical (unpaired) electrons. The predicted octanol–water partition coefficient (Wildman–Crippen LogP) is 5.76. The number of anilines is 3. The molecule has 7 heteroatoms. The smallest absolute Gasteiger partial charge is 0.324 e. The average molecular weight is 709 g/mol. The summed E-state index contributed by atoms with van der Waals surface area (Å²) in [5.74, 6) is 0.912. The van der Waals surface area contributed by atoms with Gasteiger partial charge < -0.3 is 19.7 Å². The monoisotopic (exact) mass is 709 g/mol. The first-order chi connectivity index (χ1) is 19.6. The summed E-state index contributed by atoms with van der Waals surface area (Å²) >= 11 is 0. The van der Waals surface area contributed by atoms with Crippen molar-refractivity contribution >= 4 is 40.7 Å². The second-order valence-electron chi connectivity index (χ2n) is 10.6. The Kier molecular flexibility index (Phi) is 6.13. The summed E-state index contributed by atoms with van der Waals surface area (Å²) in [4.78, 5) is 9.21. The van der Waals surface area contributed by atoms with E-state index in [1.807, 2.05) is 37.9 Å². The number of rotatable bonds is 2. The molecule has 0 fully saturated rings. The van der Waals surface area contributed by atoms with E-state index in [1.54, 1.807) is 0 Å². The third-order valence-corrected chi connectivity index (χ3v) is 8.05. The van der Waals surface area contributed by atoms with E-state index in [9.17, 15) is 0 Å². The zero-order valence-corrected chi connectivity index (χ0v) is 25.1. The van der Waals surface area contributed by atoms with Crippen molar-refractivity contribution in [2.45, 2.75) is 13.8 Å². The van der Waals surface area contributed by atoms with Crippen molar-refractivity contribution in [3.8, 4) is 33.5 Å². The number of hydrogen-bond acceptors (Lipinski definition) is 5. The Morgan fingerprint density at radius 3 is 2.07 bits per heavy atom. The number of amidine groups is 1. The minimum Gasteiger partial charge on any atom is -0.481 e. The van der Waals surface area contributed by atoms with Crippen molar-refractivity contribution < 1.29 is 21.1 Å². The molecule has 0 amide bonds. The maximum Gasteiger partial charge on any atom is 0.324 e. The quantitative estimate of drug-likeness (QED) is 0.173. The molecular formula is C34H25BN5Pt-3. The molecule has 41 heavy (non-hydrogen) atoms. The molecule has 8 rings (SSSR count). The van der Waals surface area contributed by atoms with E-state index in [2.05, 4.69) is 118 Å². The Labute approximate surface area is 255 Å². The normalized spacial score (nSPS) is 14.4. The van der Waals surface area contributed by atoms with Crippen LogP contribution in [-0.2, 0) is 21.1 Å². The molecule has 3 aliphatic heterocycles. The molecule has 5 nitrogen and oxygen atoms in total. The number of pyridine rings is 1. The largest absolute Gasteiger partial charge is 0.481 e. The molecule has 0 atom stereocenters. The standard InChI is InChI=1S/C34H25BN5.Pt/c1-22-16-17-36-32(18-22)24-12-14-28-26-8-4-6-10-30(26)35-31-11-7-5-9-27(31)29-15-13-25(39-21-38(3)37-23(39)2)20-34(29)40(35)33(28)19-24;/h4-18,21H,1-3H3;/q-3;. The van der Waals surface area contributed by atoms with E-state index < -0.39 is 0 Å². The van der Waals surface area contributed by atoms with E-state index in [-0.39, 0.29) is 27.9 Å². The van der Waals surface area contributed by atoms with Gasteiger partial charge in [0.1, 0.15) is 0 Å². The first-order valence-electron chi connectivity index (χ1n) is 13.5. The molecule has 0 N–H and O–H groups in total. The van der Waals surface area contributed by atoms with Crippen molar-refractivity contribution in [1.82, 2.24) is 9.99 Å². The van der Waals surface area contributed by atoms with Gasteiger partial charge in [-0.25, -0.2) is 0 Å². The second kappa shape index (κ2) is 9.74. The van der Waals surface area contributed by atoms with Gasteiger partial charge in [0.05, 0.1) is 5.84 Å². The third-order valence-electron chi connectivity index (χ3n) is 8.05. The first-order valence-corrected chi connectivity index (χ1v) is 13.5. The van der Waals surface area contributed by atoms with Crippen LogP contribution >= 0.6 is 0 Å². The summed E-state index contributed by atoms with van der Waals surface area (Å²) in [6.07, 6.45) is 1.87. The van der Waals surface area contributed by atoms with Crippen LogP contribution in [0.2, 0.25) is 0 Å². The SMILES string of the molecule is CC1=NN(C)[CH-]N1c1[c-]c2c(cc1)-c1ccccc1B1c3ccccc3-c3ccc(-c4cc(C)ccn4)[c-]c3N12.[Pt]. The molecule has 1 aromatic heterocycles. The van der Waals surface area contributed by atoms with E-state index in [4.69, 9.17) is 0 Å². The van der Waals surface area contributed by atoms with Gasteiger partial charge in [-0.15, -0.1) is 53.8 Å². The Hall–Kier alpha value is -4.15. The van der Waals surface area contributed by atoms with Gasteiger partial charge in [-0.1, -0.05) is 99.2 Å². The van der Waals surface area contributed by atoms with Crippen LogP contribution in [0.4, 0.5) is 17.1 Å². The molecule has 0 spiro atoms. The summed E-state index contributed by atoms with van der Waals surface area (Å²) in [5, 5.41) is 6.40. The molecule has 202 valence electrons. The van der Waals surface area contributed by atoms with Crippen LogP contribution in [0.15, 0.2) is 96.2 Å². The van der Waals surface area contributed by atoms with Gasteiger partial charge in [0.2, 0.25) is 0 Å². The van der Waals surface area contributed by atoms with Gasteiger partial charge in [-0.2, -0.15) is 11.2 Å². The number of fused-ring (bicyclic) bond motifs is 11. The molecular weight excluding hydrogens is 684 g/mol. The van der Waals surface area contributed by atoms with Crippen molar-refractivity contribution in [2.24, 2.45) is 5.10 Å². The maximum atomic E-state index is 4.68. The van der Waals surface area contributed by atoms with Crippen LogP contribution < -0.4 is 20.6 Å². The fourth-order valence-corrected chi connectivity index (χ4v) is 6.31. The predicted molar refractivity (Wildman–Crippen MR) is 164 cm³/mol. The van der Waals surface area contributed by atoms with Crippen molar-refractivity contribution in [3.63, 3.8) is 0 Å². The summed E-state index contributed by atoms with van der Waals surface area (Å²) < 4.78 is 0. The van der Waals surface area contributed by atoms with Crippen molar-refractivity contribution in [1.29, 1.82) is 0 Å². The second-order valence-corrected chi connectivity index (χ2v) is 10.6. The number of aromatic nitrogens is 1. The molecule has 0 saturated heterocycles. The molecule has 0 aliphatic carbocycles. The van der Waals surface area contributed by atoms with E-state index in [0.29, 0.717) is 0 Å². The zero-order valence-electron chi connectivity index (χ0n) is 22.9. The fourth-order valence-electron chi connectivity index (χ4n) is 6.31. The fraction of sp³-hybridized carbons (Fsp3) is 0.0882. The number of nitrogens with zero attached hydrogens (tertiary/aromatic N) is 5. The van der Waals surface area contributed by atoms with Gasteiger partial charge in [0, 0.05) is 27.3 Å². The summed E-state index contributed by atoms with van der Waals surface area (Å²) in [6.45, 7) is 6.11. The Balaban J connectivity index is 0.00000276. The van der Waals surface area contributed by atoms with Crippen LogP contribution in [0.1, 0.15) is 12.5 Å². The Morgan fingerprint density at radius 2 is 1.41 bits per heavy atom. The van der Waals surface area contributed by atoms with Gasteiger partial charge >= 0.3 is 6.85 Å². The van der Waals surface area contributed by atoms with Gasteiger partial charge in [0.25, 0.3) is 0 Å². The van der Waals surface area contributed by atoms with Crippen LogP contribution in [0.5, 0.6) is 0 Å². The molecule has 0 bridgehead atoms. The maximum absolute atomic E-state index is 4.68. The Morgan fingerprint density at radius 1 is 0.756 bits per heavy atom. The van der Waals surface area contributed by atoms with E-state index in [0.717, 1.165) is 45.3 Å². The number of hydrazone groups is 1. The number of aryl methyl sites for hydroxylation is 1. The van der Waals surface area contributed by atoms with Gasteiger partial charge in [0.15, 0.2) is 0 Å². The van der Waals surface area contributed by atoms with Crippen molar-refractivity contribution in [2.75, 3.05) is 16.8 Å². The zero-order chi connectivity index (χ0) is 27.0. The molecule has 0 saturated carbocycles. The van der Waals surface area contributed by atoms with Crippen LogP contribution in [-0.4, -0.2) is 29.7 Å². The first kappa shape index (κ1) is 25.8. The minimum atomic E-state index is -0.00383. The molecule has 3 aliphatic rings. The summed E-state index contributed by atoms with van der Waals surface area (Å²) in [6, 6.07) is 38.0. The molecule has 4 aromatic carbocycles.